The van der Waals surface area contributed by atoms with E-state index in [9.17, 15) is 14.0 Å². The Morgan fingerprint density at radius 1 is 0.921 bits per heavy atom. The molecule has 0 aliphatic carbocycles. The summed E-state index contributed by atoms with van der Waals surface area (Å²) in [5, 5.41) is 2.99. The number of hydrogen-bond acceptors (Lipinski definition) is 5. The summed E-state index contributed by atoms with van der Waals surface area (Å²) >= 11 is 1.44. The second-order valence-corrected chi connectivity index (χ2v) is 10.5. The van der Waals surface area contributed by atoms with Gasteiger partial charge in [-0.15, -0.1) is 0 Å². The third-order valence-corrected chi connectivity index (χ3v) is 7.85. The third kappa shape index (κ3) is 6.44. The summed E-state index contributed by atoms with van der Waals surface area (Å²) in [4.78, 5) is 34.0. The Morgan fingerprint density at radius 2 is 1.63 bits per heavy atom. The van der Waals surface area contributed by atoms with Gasteiger partial charge in [-0.2, -0.15) is 0 Å². The van der Waals surface area contributed by atoms with Crippen LogP contribution in [-0.4, -0.2) is 62.5 Å². The smallest absolute Gasteiger partial charge is 0.265 e. The molecule has 0 aromatic heterocycles. The number of nitrogens with zero attached hydrogens (tertiary/aromatic N) is 3. The van der Waals surface area contributed by atoms with E-state index >= 15 is 0 Å². The molecule has 2 aliphatic heterocycles. The van der Waals surface area contributed by atoms with E-state index in [0.717, 1.165) is 61.0 Å². The number of anilines is 2. The van der Waals surface area contributed by atoms with E-state index < -0.39 is 0 Å². The van der Waals surface area contributed by atoms with Crippen molar-refractivity contribution in [3.05, 3.63) is 95.1 Å². The van der Waals surface area contributed by atoms with Gasteiger partial charge < -0.3 is 10.2 Å². The van der Waals surface area contributed by atoms with Gasteiger partial charge in [-0.25, -0.2) is 4.39 Å². The maximum Gasteiger partial charge on any atom is 0.265 e. The third-order valence-electron chi connectivity index (χ3n) is 6.77. The van der Waals surface area contributed by atoms with Gasteiger partial charge in [-0.3, -0.25) is 19.4 Å². The van der Waals surface area contributed by atoms with Gasteiger partial charge in [0.05, 0.1) is 10.6 Å². The molecule has 196 valence electrons. The molecule has 0 radical (unpaired) electrons. The van der Waals surface area contributed by atoms with Crippen molar-refractivity contribution >= 4 is 41.0 Å². The minimum absolute atomic E-state index is 0.0150. The Kier molecular flexibility index (Phi) is 8.41. The summed E-state index contributed by atoms with van der Waals surface area (Å²) in [6, 6.07) is 24.1. The lowest BCUT2D eigenvalue weighted by Gasteiger charge is -2.36. The first-order valence-corrected chi connectivity index (χ1v) is 13.7. The fraction of sp³-hybridized carbons (Fsp3) is 0.267. The van der Waals surface area contributed by atoms with Crippen LogP contribution in [0.2, 0.25) is 0 Å². The molecule has 5 rings (SSSR count). The van der Waals surface area contributed by atoms with Gasteiger partial charge in [-0.05, 0) is 61.0 Å². The van der Waals surface area contributed by atoms with Gasteiger partial charge in [0.2, 0.25) is 5.91 Å². The Labute approximate surface area is 227 Å². The van der Waals surface area contributed by atoms with E-state index in [4.69, 9.17) is 0 Å². The van der Waals surface area contributed by atoms with Crippen molar-refractivity contribution in [1.82, 2.24) is 10.2 Å². The first-order valence-electron chi connectivity index (χ1n) is 12.9. The van der Waals surface area contributed by atoms with Gasteiger partial charge in [0.25, 0.3) is 5.91 Å². The van der Waals surface area contributed by atoms with Crippen LogP contribution in [0.4, 0.5) is 15.8 Å². The number of thioether (sulfide) groups is 1. The second kappa shape index (κ2) is 12.3. The molecule has 2 amide bonds. The van der Waals surface area contributed by atoms with Crippen molar-refractivity contribution in [2.75, 3.05) is 55.6 Å². The molecule has 2 aliphatic rings. The predicted octanol–water partition coefficient (Wildman–Crippen LogP) is 4.63. The normalized spacial score (nSPS) is 17.0. The molecule has 3 aromatic carbocycles. The van der Waals surface area contributed by atoms with E-state index in [1.54, 1.807) is 4.90 Å². The number of amides is 2. The van der Waals surface area contributed by atoms with Gasteiger partial charge in [0, 0.05) is 43.3 Å². The summed E-state index contributed by atoms with van der Waals surface area (Å²) in [6.45, 7) is 5.08. The van der Waals surface area contributed by atoms with Gasteiger partial charge >= 0.3 is 0 Å². The van der Waals surface area contributed by atoms with E-state index in [1.165, 1.54) is 23.9 Å². The number of hydrogen-bond donors (Lipinski definition) is 1. The average Bonchev–Trinajstić information content (AvgIpc) is 2.95. The molecule has 38 heavy (non-hydrogen) atoms. The lowest BCUT2D eigenvalue weighted by molar-refractivity contribution is -0.122. The number of piperazine rings is 1. The highest BCUT2D eigenvalue weighted by Gasteiger charge is 2.30. The number of rotatable bonds is 8. The average molecular weight is 531 g/mol. The first kappa shape index (κ1) is 26.0. The van der Waals surface area contributed by atoms with Gasteiger partial charge in [0.1, 0.15) is 12.4 Å². The zero-order valence-electron chi connectivity index (χ0n) is 21.2. The zero-order valence-corrected chi connectivity index (χ0v) is 22.0. The summed E-state index contributed by atoms with van der Waals surface area (Å²) in [6.07, 6.45) is 2.71. The second-order valence-electron chi connectivity index (χ2n) is 9.39. The molecule has 8 heteroatoms. The maximum atomic E-state index is 13.3. The summed E-state index contributed by atoms with van der Waals surface area (Å²) < 4.78 is 13.2. The van der Waals surface area contributed by atoms with E-state index in [1.807, 2.05) is 72.8 Å². The molecule has 6 nitrogen and oxygen atoms in total. The van der Waals surface area contributed by atoms with Crippen molar-refractivity contribution in [1.29, 1.82) is 0 Å². The molecule has 3 aromatic rings. The Balaban J connectivity index is 1.11. The van der Waals surface area contributed by atoms with Gasteiger partial charge in [-0.1, -0.05) is 54.2 Å². The van der Waals surface area contributed by atoms with E-state index in [0.29, 0.717) is 11.4 Å². The van der Waals surface area contributed by atoms with Crippen LogP contribution >= 0.6 is 11.8 Å². The number of benzene rings is 3. The van der Waals surface area contributed by atoms with E-state index in [-0.39, 0.29) is 24.2 Å². The molecule has 2 heterocycles. The first-order chi connectivity index (χ1) is 18.6. The molecule has 0 spiro atoms. The van der Waals surface area contributed by atoms with Crippen LogP contribution in [0.15, 0.2) is 88.7 Å². The number of carbonyl (C=O) groups excluding carboxylic acids is 2. The highest BCUT2D eigenvalue weighted by atomic mass is 32.2. The highest BCUT2D eigenvalue weighted by Crippen LogP contribution is 2.41. The minimum atomic E-state index is -0.216. The lowest BCUT2D eigenvalue weighted by Crippen LogP contribution is -2.47. The van der Waals surface area contributed by atoms with Crippen LogP contribution in [0, 0.1) is 5.82 Å². The molecule has 1 fully saturated rings. The maximum absolute atomic E-state index is 13.3. The van der Waals surface area contributed by atoms with Crippen molar-refractivity contribution < 1.29 is 14.0 Å². The van der Waals surface area contributed by atoms with Gasteiger partial charge in [0.15, 0.2) is 0 Å². The quantitative estimate of drug-likeness (QED) is 0.340. The summed E-state index contributed by atoms with van der Waals surface area (Å²) in [7, 11) is 0. The minimum Gasteiger partial charge on any atom is -0.369 e. The molecular formula is C30H31FN4O2S. The molecular weight excluding hydrogens is 499 g/mol. The Morgan fingerprint density at radius 3 is 2.39 bits per heavy atom. The number of para-hydroxylation sites is 1. The monoisotopic (exact) mass is 530 g/mol. The Hall–Kier alpha value is -3.62. The number of halogens is 1. The SMILES string of the molecule is O=C(CN1C(=O)/C(=C/c2ccccc2)Sc2ccccc21)NCCCN1CCN(c2ccc(F)cc2)CC1. The molecule has 0 bridgehead atoms. The molecule has 0 atom stereocenters. The largest absolute Gasteiger partial charge is 0.369 e. The van der Waals surface area contributed by atoms with E-state index in [2.05, 4.69) is 15.1 Å². The fourth-order valence-corrected chi connectivity index (χ4v) is 5.79. The number of fused-ring (bicyclic) bond motifs is 1. The van der Waals surface area contributed by atoms with Crippen LogP contribution in [-0.2, 0) is 9.59 Å². The van der Waals surface area contributed by atoms with Crippen LogP contribution < -0.4 is 15.1 Å². The van der Waals surface area contributed by atoms with Crippen molar-refractivity contribution in [3.63, 3.8) is 0 Å². The Bertz CT molecular complexity index is 1290. The van der Waals surface area contributed by atoms with Crippen LogP contribution in [0.1, 0.15) is 12.0 Å². The molecule has 0 saturated carbocycles. The van der Waals surface area contributed by atoms with Crippen LogP contribution in [0.3, 0.4) is 0 Å². The predicted molar refractivity (Wildman–Crippen MR) is 152 cm³/mol. The number of nitrogens with one attached hydrogen (secondary N) is 1. The summed E-state index contributed by atoms with van der Waals surface area (Å²) in [5.41, 5.74) is 2.76. The lowest BCUT2D eigenvalue weighted by atomic mass is 10.2. The highest BCUT2D eigenvalue weighted by molar-refractivity contribution is 8.04. The fourth-order valence-electron chi connectivity index (χ4n) is 4.73. The molecule has 1 N–H and O–H groups in total. The summed E-state index contributed by atoms with van der Waals surface area (Å²) in [5.74, 6) is -0.543. The number of carbonyl (C=O) groups is 2. The molecule has 1 saturated heterocycles. The van der Waals surface area contributed by atoms with Crippen molar-refractivity contribution in [2.45, 2.75) is 11.3 Å². The van der Waals surface area contributed by atoms with Crippen LogP contribution in [0.5, 0.6) is 0 Å². The molecule has 0 unspecified atom stereocenters. The zero-order chi connectivity index (χ0) is 26.3. The van der Waals surface area contributed by atoms with Crippen molar-refractivity contribution in [2.24, 2.45) is 0 Å². The van der Waals surface area contributed by atoms with Crippen LogP contribution in [0.25, 0.3) is 6.08 Å². The standard InChI is InChI=1S/C30H31FN4O2S/c31-24-11-13-25(14-12-24)34-19-17-33(18-20-34)16-6-15-32-29(36)22-35-26-9-4-5-10-27(26)38-28(30(35)37)21-23-7-2-1-3-8-23/h1-5,7-14,21H,6,15-20,22H2,(H,32,36)/b28-21-. The van der Waals surface area contributed by atoms with Crippen molar-refractivity contribution in [3.8, 4) is 0 Å². The topological polar surface area (TPSA) is 55.9 Å².